The number of rotatable bonds is 3. The second-order valence-electron chi connectivity index (χ2n) is 3.97. The highest BCUT2D eigenvalue weighted by atomic mass is 15.1. The van der Waals surface area contributed by atoms with Crippen LogP contribution in [0.25, 0.3) is 0 Å². The first-order chi connectivity index (χ1) is 7.26. The third-order valence-electron chi connectivity index (χ3n) is 2.74. The Morgan fingerprint density at radius 2 is 2.27 bits per heavy atom. The molecule has 1 aliphatic heterocycles. The number of aliphatic imine (C=N–C) groups is 1. The molecule has 0 aromatic heterocycles. The molecule has 1 saturated heterocycles. The molecule has 4 nitrogen and oxygen atoms in total. The van der Waals surface area contributed by atoms with E-state index in [2.05, 4.69) is 16.9 Å². The van der Waals surface area contributed by atoms with Gasteiger partial charge in [-0.25, -0.2) is 0 Å². The molecule has 0 aromatic carbocycles. The number of likely N-dealkylation sites (tertiary alicyclic amines) is 1. The van der Waals surface area contributed by atoms with Gasteiger partial charge in [-0.2, -0.15) is 5.26 Å². The van der Waals surface area contributed by atoms with Gasteiger partial charge in [0.25, 0.3) is 0 Å². The van der Waals surface area contributed by atoms with Crippen LogP contribution in [0.5, 0.6) is 0 Å². The zero-order valence-electron chi connectivity index (χ0n) is 9.19. The maximum absolute atomic E-state index is 8.60. The molecular formula is C11H18N4. The van der Waals surface area contributed by atoms with Crippen LogP contribution in [0.1, 0.15) is 12.8 Å². The third-order valence-corrected chi connectivity index (χ3v) is 2.74. The highest BCUT2D eigenvalue weighted by molar-refractivity contribution is 5.83. The van der Waals surface area contributed by atoms with Crippen molar-refractivity contribution < 1.29 is 0 Å². The molecule has 0 atom stereocenters. The zero-order valence-corrected chi connectivity index (χ0v) is 9.19. The number of hydrogen-bond donors (Lipinski definition) is 1. The summed E-state index contributed by atoms with van der Waals surface area (Å²) in [6, 6.07) is 1.98. The minimum absolute atomic E-state index is 0.433. The fourth-order valence-electron chi connectivity index (χ4n) is 1.65. The summed E-state index contributed by atoms with van der Waals surface area (Å²) in [5, 5.41) is 8.60. The molecule has 0 aromatic rings. The maximum Gasteiger partial charge on any atom is 0.102 e. The van der Waals surface area contributed by atoms with Gasteiger partial charge in [0.05, 0.1) is 5.57 Å². The van der Waals surface area contributed by atoms with Crippen LogP contribution >= 0.6 is 0 Å². The Bertz CT molecular complexity index is 279. The van der Waals surface area contributed by atoms with E-state index in [1.54, 1.807) is 6.21 Å². The van der Waals surface area contributed by atoms with Crippen molar-refractivity contribution in [1.82, 2.24) is 4.90 Å². The largest absolute Gasteiger partial charge is 0.403 e. The molecule has 15 heavy (non-hydrogen) atoms. The number of piperidine rings is 1. The highest BCUT2D eigenvalue weighted by Gasteiger charge is 2.15. The monoisotopic (exact) mass is 206 g/mol. The number of nitrogens with two attached hydrogens (primary N) is 1. The Hall–Kier alpha value is -1.34. The fraction of sp³-hybridized carbons (Fsp3) is 0.636. The molecule has 4 heteroatoms. The van der Waals surface area contributed by atoms with E-state index in [1.165, 1.54) is 19.0 Å². The van der Waals surface area contributed by atoms with Gasteiger partial charge in [-0.05, 0) is 38.9 Å². The molecule has 0 amide bonds. The summed E-state index contributed by atoms with van der Waals surface area (Å²) < 4.78 is 0. The van der Waals surface area contributed by atoms with Crippen molar-refractivity contribution in [3.8, 4) is 6.07 Å². The van der Waals surface area contributed by atoms with E-state index in [0.717, 1.165) is 19.6 Å². The summed E-state index contributed by atoms with van der Waals surface area (Å²) in [5.74, 6) is 0.662. The van der Waals surface area contributed by atoms with Crippen LogP contribution in [0.3, 0.4) is 0 Å². The van der Waals surface area contributed by atoms with Crippen molar-refractivity contribution >= 4 is 6.21 Å². The van der Waals surface area contributed by atoms with Crippen LogP contribution < -0.4 is 5.73 Å². The van der Waals surface area contributed by atoms with Gasteiger partial charge in [-0.15, -0.1) is 0 Å². The minimum atomic E-state index is 0.433. The normalized spacial score (nSPS) is 20.7. The number of nitrogens with zero attached hydrogens (tertiary/aromatic N) is 3. The zero-order chi connectivity index (χ0) is 11.1. The highest BCUT2D eigenvalue weighted by Crippen LogP contribution is 2.15. The molecule has 1 fully saturated rings. The van der Waals surface area contributed by atoms with Crippen molar-refractivity contribution in [3.63, 3.8) is 0 Å². The summed E-state index contributed by atoms with van der Waals surface area (Å²) in [6.45, 7) is 3.11. The van der Waals surface area contributed by atoms with Gasteiger partial charge >= 0.3 is 0 Å². The van der Waals surface area contributed by atoms with Gasteiger partial charge in [0, 0.05) is 19.0 Å². The Balaban J connectivity index is 2.29. The lowest BCUT2D eigenvalue weighted by atomic mass is 9.97. The molecule has 0 aliphatic carbocycles. The first-order valence-electron chi connectivity index (χ1n) is 5.26. The van der Waals surface area contributed by atoms with Gasteiger partial charge in [-0.1, -0.05) is 0 Å². The van der Waals surface area contributed by atoms with Crippen molar-refractivity contribution in [2.75, 3.05) is 26.7 Å². The minimum Gasteiger partial charge on any atom is -0.403 e. The lowest BCUT2D eigenvalue weighted by Gasteiger charge is -2.27. The van der Waals surface area contributed by atoms with E-state index in [9.17, 15) is 0 Å². The van der Waals surface area contributed by atoms with E-state index < -0.39 is 0 Å². The predicted molar refractivity (Wildman–Crippen MR) is 61.5 cm³/mol. The first kappa shape index (κ1) is 11.7. The summed E-state index contributed by atoms with van der Waals surface area (Å²) >= 11 is 0. The van der Waals surface area contributed by atoms with Gasteiger partial charge in [-0.3, -0.25) is 4.99 Å². The van der Waals surface area contributed by atoms with Crippen LogP contribution in [0.4, 0.5) is 0 Å². The molecule has 0 unspecified atom stereocenters. The Morgan fingerprint density at radius 3 is 2.80 bits per heavy atom. The number of nitriles is 1. The van der Waals surface area contributed by atoms with Crippen LogP contribution in [0.2, 0.25) is 0 Å². The first-order valence-corrected chi connectivity index (χ1v) is 5.26. The smallest absolute Gasteiger partial charge is 0.102 e. The van der Waals surface area contributed by atoms with E-state index >= 15 is 0 Å². The quantitative estimate of drug-likeness (QED) is 0.548. The molecule has 1 heterocycles. The van der Waals surface area contributed by atoms with Gasteiger partial charge in [0.1, 0.15) is 6.07 Å². The molecule has 2 N–H and O–H groups in total. The molecule has 82 valence electrons. The Morgan fingerprint density at radius 1 is 1.60 bits per heavy atom. The van der Waals surface area contributed by atoms with Crippen molar-refractivity contribution in [3.05, 3.63) is 11.8 Å². The van der Waals surface area contributed by atoms with Gasteiger partial charge in [0.15, 0.2) is 0 Å². The fourth-order valence-corrected chi connectivity index (χ4v) is 1.65. The van der Waals surface area contributed by atoms with Crippen LogP contribution in [0.15, 0.2) is 16.8 Å². The lowest BCUT2D eigenvalue weighted by Crippen LogP contribution is -2.31. The lowest BCUT2D eigenvalue weighted by molar-refractivity contribution is 0.224. The Labute approximate surface area is 91.1 Å². The summed E-state index contributed by atoms with van der Waals surface area (Å²) in [5.41, 5.74) is 5.67. The third kappa shape index (κ3) is 4.13. The van der Waals surface area contributed by atoms with Crippen LogP contribution in [-0.2, 0) is 0 Å². The molecule has 1 rings (SSSR count). The van der Waals surface area contributed by atoms with Crippen molar-refractivity contribution in [1.29, 1.82) is 5.26 Å². The van der Waals surface area contributed by atoms with Crippen LogP contribution in [-0.4, -0.2) is 37.8 Å². The molecule has 0 radical (unpaired) electrons. The van der Waals surface area contributed by atoms with Crippen molar-refractivity contribution in [2.45, 2.75) is 12.8 Å². The molecular weight excluding hydrogens is 188 g/mol. The number of allylic oxidation sites excluding steroid dienone is 1. The standard InChI is InChI=1S/C11H18N4/c1-15-4-2-10(3-5-15)8-14-9-11(6-12)7-13/h6,9-10H,2-5,8,12H2,1H3. The average Bonchev–Trinajstić information content (AvgIpc) is 2.27. The van der Waals surface area contributed by atoms with E-state index in [-0.39, 0.29) is 0 Å². The van der Waals surface area contributed by atoms with Crippen molar-refractivity contribution in [2.24, 2.45) is 16.6 Å². The van der Waals surface area contributed by atoms with E-state index in [4.69, 9.17) is 11.0 Å². The van der Waals surface area contributed by atoms with E-state index in [1.807, 2.05) is 6.07 Å². The molecule has 0 spiro atoms. The summed E-state index contributed by atoms with van der Waals surface area (Å²) in [7, 11) is 2.14. The average molecular weight is 206 g/mol. The summed E-state index contributed by atoms with van der Waals surface area (Å²) in [4.78, 5) is 6.58. The summed E-state index contributed by atoms with van der Waals surface area (Å²) in [6.07, 6.45) is 5.25. The second kappa shape index (κ2) is 6.20. The topological polar surface area (TPSA) is 65.4 Å². The molecule has 0 bridgehead atoms. The number of hydrogen-bond acceptors (Lipinski definition) is 4. The molecule has 1 aliphatic rings. The predicted octanol–water partition coefficient (Wildman–Crippen LogP) is 0.765. The molecule has 0 saturated carbocycles. The van der Waals surface area contributed by atoms with Gasteiger partial charge < -0.3 is 10.6 Å². The van der Waals surface area contributed by atoms with Crippen LogP contribution in [0, 0.1) is 17.2 Å². The Kier molecular flexibility index (Phi) is 4.85. The maximum atomic E-state index is 8.60. The second-order valence-corrected chi connectivity index (χ2v) is 3.97. The van der Waals surface area contributed by atoms with E-state index in [0.29, 0.717) is 11.5 Å². The van der Waals surface area contributed by atoms with Gasteiger partial charge in [0.2, 0.25) is 0 Å². The SMILES string of the molecule is CN1CCC(CN=CC(C#N)=CN)CC1.